The van der Waals surface area contributed by atoms with E-state index in [1.54, 1.807) is 12.1 Å². The molecule has 1 fully saturated rings. The van der Waals surface area contributed by atoms with Gasteiger partial charge >= 0.3 is 0 Å². The Hall–Kier alpha value is -0.410. The van der Waals surface area contributed by atoms with E-state index in [1.165, 1.54) is 18.9 Å². The molecule has 1 N–H and O–H groups in total. The van der Waals surface area contributed by atoms with Crippen LogP contribution in [0.1, 0.15) is 18.4 Å². The van der Waals surface area contributed by atoms with Crippen molar-refractivity contribution in [1.82, 2.24) is 5.32 Å². The summed E-state index contributed by atoms with van der Waals surface area (Å²) in [7, 11) is 0. The average molecular weight is 244 g/mol. The molecule has 0 aromatic heterocycles. The van der Waals surface area contributed by atoms with Gasteiger partial charge in [0, 0.05) is 17.1 Å². The van der Waals surface area contributed by atoms with Crippen LogP contribution < -0.4 is 5.32 Å². The van der Waals surface area contributed by atoms with Crippen molar-refractivity contribution in [3.8, 4) is 0 Å². The Bertz CT molecular complexity index is 310. The van der Waals surface area contributed by atoms with Crippen molar-refractivity contribution in [1.29, 1.82) is 0 Å². The largest absolute Gasteiger partial charge is 0.310 e. The van der Waals surface area contributed by atoms with E-state index in [-0.39, 0.29) is 5.82 Å². The van der Waals surface area contributed by atoms with Gasteiger partial charge in [-0.15, -0.1) is 0 Å². The zero-order chi connectivity index (χ0) is 9.26. The molecule has 2 rings (SSSR count). The SMILES string of the molecule is Fc1ccc(Br)c(CNC2CC2)c1. The van der Waals surface area contributed by atoms with Crippen molar-refractivity contribution in [3.05, 3.63) is 34.1 Å². The predicted octanol–water partition coefficient (Wildman–Crippen LogP) is 2.84. The molecule has 0 heterocycles. The molecule has 1 saturated carbocycles. The maximum absolute atomic E-state index is 12.8. The lowest BCUT2D eigenvalue weighted by atomic mass is 10.2. The quantitative estimate of drug-likeness (QED) is 0.862. The monoisotopic (exact) mass is 243 g/mol. The third-order valence-corrected chi connectivity index (χ3v) is 2.94. The molecule has 0 amide bonds. The molecule has 1 aromatic carbocycles. The molecule has 0 spiro atoms. The predicted molar refractivity (Wildman–Crippen MR) is 54.0 cm³/mol. The van der Waals surface area contributed by atoms with Crippen LogP contribution in [0.3, 0.4) is 0 Å². The zero-order valence-electron chi connectivity index (χ0n) is 7.19. The topological polar surface area (TPSA) is 12.0 Å². The fraction of sp³-hybridized carbons (Fsp3) is 0.400. The van der Waals surface area contributed by atoms with Crippen molar-refractivity contribution in [3.63, 3.8) is 0 Å². The van der Waals surface area contributed by atoms with Gasteiger partial charge in [0.15, 0.2) is 0 Å². The van der Waals surface area contributed by atoms with Gasteiger partial charge < -0.3 is 5.32 Å². The molecule has 1 nitrogen and oxygen atoms in total. The molecule has 3 heteroatoms. The maximum atomic E-state index is 12.8. The third kappa shape index (κ3) is 2.51. The number of nitrogens with one attached hydrogen (secondary N) is 1. The van der Waals surface area contributed by atoms with E-state index in [9.17, 15) is 4.39 Å². The van der Waals surface area contributed by atoms with Crippen LogP contribution >= 0.6 is 15.9 Å². The Balaban J connectivity index is 2.03. The van der Waals surface area contributed by atoms with Crippen LogP contribution in [-0.2, 0) is 6.54 Å². The summed E-state index contributed by atoms with van der Waals surface area (Å²) in [5.41, 5.74) is 0.993. The first-order chi connectivity index (χ1) is 6.25. The van der Waals surface area contributed by atoms with Crippen molar-refractivity contribution in [2.75, 3.05) is 0 Å². The van der Waals surface area contributed by atoms with Crippen molar-refractivity contribution >= 4 is 15.9 Å². The molecular weight excluding hydrogens is 233 g/mol. The van der Waals surface area contributed by atoms with Crippen LogP contribution in [0.4, 0.5) is 4.39 Å². The zero-order valence-corrected chi connectivity index (χ0v) is 8.77. The van der Waals surface area contributed by atoms with Gasteiger partial charge in [0.05, 0.1) is 0 Å². The van der Waals surface area contributed by atoms with Gasteiger partial charge in [-0.05, 0) is 36.6 Å². The first-order valence-electron chi connectivity index (χ1n) is 4.43. The second-order valence-electron chi connectivity index (χ2n) is 3.39. The Kier molecular flexibility index (Phi) is 2.65. The van der Waals surface area contributed by atoms with Crippen LogP contribution in [0.2, 0.25) is 0 Å². The Morgan fingerprint density at radius 3 is 2.92 bits per heavy atom. The summed E-state index contributed by atoms with van der Waals surface area (Å²) in [5.74, 6) is -0.171. The van der Waals surface area contributed by atoms with Gasteiger partial charge in [-0.3, -0.25) is 0 Å². The van der Waals surface area contributed by atoms with Crippen LogP contribution in [0.25, 0.3) is 0 Å². The Morgan fingerprint density at radius 2 is 2.23 bits per heavy atom. The van der Waals surface area contributed by atoms with Crippen molar-refractivity contribution in [2.24, 2.45) is 0 Å². The summed E-state index contributed by atoms with van der Waals surface area (Å²) in [5, 5.41) is 3.34. The highest BCUT2D eigenvalue weighted by Crippen LogP contribution is 2.22. The lowest BCUT2D eigenvalue weighted by Gasteiger charge is -2.05. The van der Waals surface area contributed by atoms with E-state index < -0.39 is 0 Å². The summed E-state index contributed by atoms with van der Waals surface area (Å²) < 4.78 is 13.8. The first-order valence-corrected chi connectivity index (χ1v) is 5.22. The second-order valence-corrected chi connectivity index (χ2v) is 4.25. The highest BCUT2D eigenvalue weighted by Gasteiger charge is 2.20. The van der Waals surface area contributed by atoms with Gasteiger partial charge in [0.1, 0.15) is 5.82 Å². The number of hydrogen-bond acceptors (Lipinski definition) is 1. The van der Waals surface area contributed by atoms with E-state index >= 15 is 0 Å². The fourth-order valence-corrected chi connectivity index (χ4v) is 1.61. The van der Waals surface area contributed by atoms with Crippen LogP contribution in [0.15, 0.2) is 22.7 Å². The van der Waals surface area contributed by atoms with Gasteiger partial charge in [-0.1, -0.05) is 15.9 Å². The molecule has 1 aliphatic rings. The van der Waals surface area contributed by atoms with E-state index in [1.807, 2.05) is 0 Å². The highest BCUT2D eigenvalue weighted by atomic mass is 79.9. The minimum atomic E-state index is -0.171. The van der Waals surface area contributed by atoms with Crippen LogP contribution in [0.5, 0.6) is 0 Å². The number of halogens is 2. The molecule has 0 aliphatic heterocycles. The summed E-state index contributed by atoms with van der Waals surface area (Å²) >= 11 is 3.39. The standard InChI is InChI=1S/C10H11BrFN/c11-10-4-1-8(12)5-7(10)6-13-9-2-3-9/h1,4-5,9,13H,2-3,6H2. The van der Waals surface area contributed by atoms with Gasteiger partial charge in [0.2, 0.25) is 0 Å². The van der Waals surface area contributed by atoms with Crippen LogP contribution in [-0.4, -0.2) is 6.04 Å². The number of rotatable bonds is 3. The summed E-state index contributed by atoms with van der Waals surface area (Å²) in [6.07, 6.45) is 2.51. The molecule has 0 bridgehead atoms. The number of benzene rings is 1. The minimum Gasteiger partial charge on any atom is -0.310 e. The molecular formula is C10H11BrFN. The molecule has 1 aliphatic carbocycles. The second kappa shape index (κ2) is 3.76. The summed E-state index contributed by atoms with van der Waals surface area (Å²) in [4.78, 5) is 0. The third-order valence-electron chi connectivity index (χ3n) is 2.17. The van der Waals surface area contributed by atoms with Gasteiger partial charge in [-0.25, -0.2) is 4.39 Å². The average Bonchev–Trinajstić information content (AvgIpc) is 2.90. The van der Waals surface area contributed by atoms with Crippen molar-refractivity contribution < 1.29 is 4.39 Å². The molecule has 0 atom stereocenters. The Labute approximate surface area is 85.5 Å². The molecule has 0 saturated heterocycles. The van der Waals surface area contributed by atoms with Gasteiger partial charge in [-0.2, -0.15) is 0 Å². The molecule has 0 radical (unpaired) electrons. The van der Waals surface area contributed by atoms with E-state index in [0.29, 0.717) is 6.04 Å². The molecule has 0 unspecified atom stereocenters. The highest BCUT2D eigenvalue weighted by molar-refractivity contribution is 9.10. The van der Waals surface area contributed by atoms with E-state index in [4.69, 9.17) is 0 Å². The smallest absolute Gasteiger partial charge is 0.123 e. The summed E-state index contributed by atoms with van der Waals surface area (Å²) in [6, 6.07) is 5.44. The van der Waals surface area contributed by atoms with E-state index in [0.717, 1.165) is 16.6 Å². The molecule has 13 heavy (non-hydrogen) atoms. The fourth-order valence-electron chi connectivity index (χ4n) is 1.22. The minimum absolute atomic E-state index is 0.171. The normalized spacial score (nSPS) is 16.2. The van der Waals surface area contributed by atoms with E-state index in [2.05, 4.69) is 21.2 Å². The lowest BCUT2D eigenvalue weighted by Crippen LogP contribution is -2.15. The van der Waals surface area contributed by atoms with Crippen LogP contribution in [0, 0.1) is 5.82 Å². The Morgan fingerprint density at radius 1 is 1.46 bits per heavy atom. The van der Waals surface area contributed by atoms with Crippen molar-refractivity contribution in [2.45, 2.75) is 25.4 Å². The number of hydrogen-bond donors (Lipinski definition) is 1. The molecule has 1 aromatic rings. The lowest BCUT2D eigenvalue weighted by molar-refractivity contribution is 0.618. The molecule has 70 valence electrons. The first kappa shape index (κ1) is 9.16. The summed E-state index contributed by atoms with van der Waals surface area (Å²) in [6.45, 7) is 0.753. The maximum Gasteiger partial charge on any atom is 0.123 e. The van der Waals surface area contributed by atoms with Gasteiger partial charge in [0.25, 0.3) is 0 Å².